The van der Waals surface area contributed by atoms with E-state index in [0.29, 0.717) is 12.8 Å². The summed E-state index contributed by atoms with van der Waals surface area (Å²) >= 11 is 0. The first-order chi connectivity index (χ1) is 11.3. The van der Waals surface area contributed by atoms with Crippen LogP contribution in [-0.4, -0.2) is 52.7 Å². The molecular weight excluding hydrogens is 322 g/mol. The molecule has 0 unspecified atom stereocenters. The van der Waals surface area contributed by atoms with Crippen molar-refractivity contribution in [3.05, 3.63) is 35.9 Å². The van der Waals surface area contributed by atoms with Crippen LogP contribution < -0.4 is 5.32 Å². The van der Waals surface area contributed by atoms with Gasteiger partial charge in [0, 0.05) is 6.04 Å². The summed E-state index contributed by atoms with van der Waals surface area (Å²) in [7, 11) is 0. The smallest absolute Gasteiger partial charge is 0.410 e. The van der Waals surface area contributed by atoms with Crippen LogP contribution in [0, 0.1) is 0 Å². The van der Waals surface area contributed by atoms with Gasteiger partial charge in [0.15, 0.2) is 5.60 Å². The van der Waals surface area contributed by atoms with Crippen molar-refractivity contribution in [2.45, 2.75) is 37.0 Å². The predicted molar refractivity (Wildman–Crippen MR) is 79.3 cm³/mol. The SMILES string of the molecule is O=C(OCc1ccccc1)N1CC(O)(C(F)(F)C(=O)NC2CC2)C1. The van der Waals surface area contributed by atoms with Crippen molar-refractivity contribution in [3.63, 3.8) is 0 Å². The number of hydrogen-bond acceptors (Lipinski definition) is 4. The van der Waals surface area contributed by atoms with E-state index < -0.39 is 36.6 Å². The van der Waals surface area contributed by atoms with Gasteiger partial charge in [0.05, 0.1) is 13.1 Å². The fourth-order valence-corrected chi connectivity index (χ4v) is 2.44. The third kappa shape index (κ3) is 3.19. The summed E-state index contributed by atoms with van der Waals surface area (Å²) in [5.74, 6) is -5.45. The van der Waals surface area contributed by atoms with Crippen molar-refractivity contribution in [1.82, 2.24) is 10.2 Å². The summed E-state index contributed by atoms with van der Waals surface area (Å²) in [6, 6.07) is 8.66. The quantitative estimate of drug-likeness (QED) is 0.846. The van der Waals surface area contributed by atoms with E-state index in [1.54, 1.807) is 24.3 Å². The van der Waals surface area contributed by atoms with E-state index in [4.69, 9.17) is 4.74 Å². The second-order valence-corrected chi connectivity index (χ2v) is 6.25. The van der Waals surface area contributed by atoms with E-state index >= 15 is 0 Å². The lowest BCUT2D eigenvalue weighted by molar-refractivity contribution is -0.229. The van der Waals surface area contributed by atoms with Crippen molar-refractivity contribution in [1.29, 1.82) is 0 Å². The number of likely N-dealkylation sites (tertiary alicyclic amines) is 1. The minimum Gasteiger partial charge on any atom is -0.445 e. The maximum absolute atomic E-state index is 14.1. The lowest BCUT2D eigenvalue weighted by Gasteiger charge is -2.48. The average Bonchev–Trinajstić information content (AvgIpc) is 3.34. The van der Waals surface area contributed by atoms with Gasteiger partial charge in [-0.25, -0.2) is 4.79 Å². The summed E-state index contributed by atoms with van der Waals surface area (Å²) in [5.41, 5.74) is -1.80. The summed E-state index contributed by atoms with van der Waals surface area (Å²) in [5, 5.41) is 12.2. The molecule has 130 valence electrons. The van der Waals surface area contributed by atoms with Gasteiger partial charge in [0.25, 0.3) is 5.91 Å². The zero-order chi connectivity index (χ0) is 17.4. The van der Waals surface area contributed by atoms with Gasteiger partial charge in [-0.05, 0) is 18.4 Å². The van der Waals surface area contributed by atoms with Crippen molar-refractivity contribution in [2.24, 2.45) is 0 Å². The highest BCUT2D eigenvalue weighted by Gasteiger charge is 2.65. The van der Waals surface area contributed by atoms with Crippen LogP contribution >= 0.6 is 0 Å². The lowest BCUT2D eigenvalue weighted by Crippen LogP contribution is -2.74. The Labute approximate surface area is 137 Å². The van der Waals surface area contributed by atoms with E-state index in [1.165, 1.54) is 0 Å². The molecule has 1 aromatic carbocycles. The Morgan fingerprint density at radius 2 is 1.92 bits per heavy atom. The third-order valence-electron chi connectivity index (χ3n) is 4.15. The molecule has 3 rings (SSSR count). The van der Waals surface area contributed by atoms with Gasteiger partial charge < -0.3 is 20.1 Å². The molecule has 24 heavy (non-hydrogen) atoms. The fourth-order valence-electron chi connectivity index (χ4n) is 2.44. The molecule has 0 atom stereocenters. The number of hydrogen-bond donors (Lipinski definition) is 2. The average molecular weight is 340 g/mol. The molecule has 2 aliphatic rings. The number of rotatable bonds is 5. The van der Waals surface area contributed by atoms with Gasteiger partial charge in [-0.1, -0.05) is 30.3 Å². The molecule has 1 aromatic rings. The van der Waals surface area contributed by atoms with Crippen molar-refractivity contribution in [3.8, 4) is 0 Å². The molecule has 6 nitrogen and oxygen atoms in total. The minimum absolute atomic E-state index is 0.00710. The number of nitrogens with one attached hydrogen (secondary N) is 1. The summed E-state index contributed by atoms with van der Waals surface area (Å²) in [6.45, 7) is -1.29. The Morgan fingerprint density at radius 3 is 2.50 bits per heavy atom. The van der Waals surface area contributed by atoms with Crippen LogP contribution in [0.2, 0.25) is 0 Å². The molecule has 2 amide bonds. The molecule has 0 radical (unpaired) electrons. The van der Waals surface area contributed by atoms with Crippen molar-refractivity contribution < 1.29 is 28.2 Å². The Hall–Kier alpha value is -2.22. The largest absolute Gasteiger partial charge is 0.445 e. The molecule has 1 aliphatic carbocycles. The highest BCUT2D eigenvalue weighted by atomic mass is 19.3. The molecule has 0 bridgehead atoms. The van der Waals surface area contributed by atoms with Gasteiger partial charge in [-0.3, -0.25) is 4.79 Å². The molecule has 8 heteroatoms. The Morgan fingerprint density at radius 1 is 1.29 bits per heavy atom. The highest BCUT2D eigenvalue weighted by Crippen LogP contribution is 2.38. The van der Waals surface area contributed by atoms with E-state index in [-0.39, 0.29) is 12.6 Å². The van der Waals surface area contributed by atoms with Crippen LogP contribution in [0.5, 0.6) is 0 Å². The van der Waals surface area contributed by atoms with Crippen molar-refractivity contribution in [2.75, 3.05) is 13.1 Å². The standard InChI is InChI=1S/C16H18F2N2O4/c17-16(18,13(21)19-12-6-7-12)15(23)9-20(10-15)14(22)24-8-11-4-2-1-3-5-11/h1-5,12,23H,6-10H2,(H,19,21). The number of alkyl halides is 2. The van der Waals surface area contributed by atoms with Gasteiger partial charge in [0.2, 0.25) is 0 Å². The number of halogens is 2. The molecule has 1 heterocycles. The Balaban J connectivity index is 1.51. The first-order valence-electron chi connectivity index (χ1n) is 7.69. The zero-order valence-electron chi connectivity index (χ0n) is 12.9. The summed E-state index contributed by atoms with van der Waals surface area (Å²) in [4.78, 5) is 24.3. The van der Waals surface area contributed by atoms with Crippen LogP contribution in [-0.2, 0) is 16.1 Å². The van der Waals surface area contributed by atoms with E-state index in [9.17, 15) is 23.5 Å². The predicted octanol–water partition coefficient (Wildman–Crippen LogP) is 1.28. The molecule has 0 aromatic heterocycles. The number of benzene rings is 1. The molecule has 2 N–H and O–H groups in total. The molecule has 2 fully saturated rings. The van der Waals surface area contributed by atoms with Crippen LogP contribution in [0.1, 0.15) is 18.4 Å². The molecule has 1 saturated heterocycles. The first kappa shape index (κ1) is 16.6. The van der Waals surface area contributed by atoms with E-state index in [1.807, 2.05) is 6.07 Å². The lowest BCUT2D eigenvalue weighted by atomic mass is 9.86. The Bertz CT molecular complexity index is 628. The van der Waals surface area contributed by atoms with Gasteiger partial charge in [0.1, 0.15) is 6.61 Å². The van der Waals surface area contributed by atoms with Gasteiger partial charge >= 0.3 is 12.0 Å². The van der Waals surface area contributed by atoms with Crippen LogP contribution in [0.15, 0.2) is 30.3 Å². The molecule has 1 saturated carbocycles. The third-order valence-corrected chi connectivity index (χ3v) is 4.15. The number of amides is 2. The topological polar surface area (TPSA) is 78.9 Å². The van der Waals surface area contributed by atoms with Crippen molar-refractivity contribution >= 4 is 12.0 Å². The molecule has 0 spiro atoms. The number of carbonyl (C=O) groups excluding carboxylic acids is 2. The number of nitrogens with zero attached hydrogens (tertiary/aromatic N) is 1. The van der Waals surface area contributed by atoms with Gasteiger partial charge in [-0.15, -0.1) is 0 Å². The van der Waals surface area contributed by atoms with Crippen LogP contribution in [0.3, 0.4) is 0 Å². The summed E-state index contributed by atoms with van der Waals surface area (Å²) in [6.07, 6.45) is 0.526. The molecular formula is C16H18F2N2O4. The van der Waals surface area contributed by atoms with Crippen LogP contribution in [0.4, 0.5) is 13.6 Å². The number of carbonyl (C=O) groups is 2. The maximum atomic E-state index is 14.1. The Kier molecular flexibility index (Phi) is 4.16. The molecule has 1 aliphatic heterocycles. The van der Waals surface area contributed by atoms with Crippen LogP contribution in [0.25, 0.3) is 0 Å². The first-order valence-corrected chi connectivity index (χ1v) is 7.69. The number of aliphatic hydroxyl groups is 1. The second kappa shape index (κ2) is 6.01. The second-order valence-electron chi connectivity index (χ2n) is 6.25. The zero-order valence-corrected chi connectivity index (χ0v) is 12.9. The number of β-amino-alcohol motifs (C(OH)–C–C–N with tert-alkyl or cyclic N) is 1. The number of ether oxygens (including phenoxy) is 1. The highest BCUT2D eigenvalue weighted by molar-refractivity contribution is 5.86. The normalized spacial score (nSPS) is 19.4. The maximum Gasteiger partial charge on any atom is 0.410 e. The summed E-state index contributed by atoms with van der Waals surface area (Å²) < 4.78 is 33.2. The monoisotopic (exact) mass is 340 g/mol. The van der Waals surface area contributed by atoms with Gasteiger partial charge in [-0.2, -0.15) is 8.78 Å². The van der Waals surface area contributed by atoms with E-state index in [2.05, 4.69) is 5.32 Å². The fraction of sp³-hybridized carbons (Fsp3) is 0.500. The minimum atomic E-state index is -3.95. The van der Waals surface area contributed by atoms with E-state index in [0.717, 1.165) is 10.5 Å².